The normalized spacial score (nSPS) is 19.5. The first-order chi connectivity index (χ1) is 12.9. The van der Waals surface area contributed by atoms with E-state index in [0.717, 1.165) is 50.5 Å². The van der Waals surface area contributed by atoms with Gasteiger partial charge in [-0.2, -0.15) is 0 Å². The lowest BCUT2D eigenvalue weighted by Crippen LogP contribution is -2.36. The molecule has 1 saturated heterocycles. The third kappa shape index (κ3) is 4.29. The van der Waals surface area contributed by atoms with E-state index >= 15 is 0 Å². The van der Waals surface area contributed by atoms with Crippen molar-refractivity contribution in [3.63, 3.8) is 0 Å². The Morgan fingerprint density at radius 1 is 1.11 bits per heavy atom. The smallest absolute Gasteiger partial charge is 0.253 e. The number of hydrogen-bond donors (Lipinski definition) is 0. The second kappa shape index (κ2) is 7.19. The van der Waals surface area contributed by atoms with Crippen LogP contribution in [0.4, 0.5) is 0 Å². The summed E-state index contributed by atoms with van der Waals surface area (Å²) in [7, 11) is 0. The van der Waals surface area contributed by atoms with Crippen LogP contribution < -0.4 is 5.56 Å². The molecule has 0 radical (unpaired) electrons. The lowest BCUT2D eigenvalue weighted by Gasteiger charge is -2.31. The van der Waals surface area contributed by atoms with Crippen LogP contribution in [0.1, 0.15) is 64.0 Å². The number of piperidine rings is 1. The fourth-order valence-corrected chi connectivity index (χ4v) is 3.82. The van der Waals surface area contributed by atoms with Gasteiger partial charge in [0.25, 0.3) is 5.56 Å². The van der Waals surface area contributed by atoms with Gasteiger partial charge in [-0.1, -0.05) is 20.8 Å². The summed E-state index contributed by atoms with van der Waals surface area (Å²) >= 11 is 0. The van der Waals surface area contributed by atoms with E-state index in [9.17, 15) is 4.79 Å². The van der Waals surface area contributed by atoms with Crippen LogP contribution >= 0.6 is 0 Å². The Labute approximate surface area is 160 Å². The second-order valence-corrected chi connectivity index (χ2v) is 9.12. The zero-order valence-corrected chi connectivity index (χ0v) is 16.6. The second-order valence-electron chi connectivity index (χ2n) is 9.12. The first kappa shape index (κ1) is 18.3. The Balaban J connectivity index is 1.32. The van der Waals surface area contributed by atoms with Crippen molar-refractivity contribution in [2.45, 2.75) is 71.0 Å². The molecule has 7 heteroatoms. The zero-order chi connectivity index (χ0) is 19.0. The number of hydrogen-bond acceptors (Lipinski definition) is 5. The van der Waals surface area contributed by atoms with Gasteiger partial charge in [-0.3, -0.25) is 14.3 Å². The summed E-state index contributed by atoms with van der Waals surface area (Å²) in [6, 6.07) is 2.32. The third-order valence-electron chi connectivity index (χ3n) is 5.76. The lowest BCUT2D eigenvalue weighted by atomic mass is 9.92. The van der Waals surface area contributed by atoms with Gasteiger partial charge < -0.3 is 4.57 Å². The van der Waals surface area contributed by atoms with Crippen LogP contribution in [0, 0.1) is 5.92 Å². The summed E-state index contributed by atoms with van der Waals surface area (Å²) in [4.78, 5) is 19.4. The largest absolute Gasteiger partial charge is 0.313 e. The Hall–Kier alpha value is -2.02. The number of rotatable bonds is 5. The van der Waals surface area contributed by atoms with E-state index in [4.69, 9.17) is 0 Å². The molecule has 0 aromatic carbocycles. The summed E-state index contributed by atoms with van der Waals surface area (Å²) in [5, 5.41) is 8.41. The minimum Gasteiger partial charge on any atom is -0.313 e. The molecule has 7 nitrogen and oxygen atoms in total. The van der Waals surface area contributed by atoms with Gasteiger partial charge in [0.1, 0.15) is 12.2 Å². The summed E-state index contributed by atoms with van der Waals surface area (Å²) in [6.45, 7) is 9.98. The van der Waals surface area contributed by atoms with Crippen molar-refractivity contribution in [1.29, 1.82) is 0 Å². The molecule has 4 rings (SSSR count). The maximum Gasteiger partial charge on any atom is 0.253 e. The topological polar surface area (TPSA) is 68.8 Å². The van der Waals surface area contributed by atoms with Crippen LogP contribution in [-0.4, -0.2) is 42.3 Å². The van der Waals surface area contributed by atoms with Gasteiger partial charge in [0.05, 0.1) is 18.6 Å². The van der Waals surface area contributed by atoms with Crippen molar-refractivity contribution in [3.8, 4) is 0 Å². The first-order valence-electron chi connectivity index (χ1n) is 10.1. The van der Waals surface area contributed by atoms with Gasteiger partial charge in [-0.05, 0) is 44.7 Å². The maximum atomic E-state index is 12.4. The Morgan fingerprint density at radius 2 is 1.85 bits per heavy atom. The average Bonchev–Trinajstić information content (AvgIpc) is 3.37. The number of nitrogens with zero attached hydrogens (tertiary/aromatic N) is 6. The molecule has 0 N–H and O–H groups in total. The van der Waals surface area contributed by atoms with Crippen LogP contribution in [0.5, 0.6) is 0 Å². The first-order valence-corrected chi connectivity index (χ1v) is 10.1. The van der Waals surface area contributed by atoms with E-state index in [1.807, 2.05) is 6.33 Å². The van der Waals surface area contributed by atoms with E-state index in [0.29, 0.717) is 12.0 Å². The van der Waals surface area contributed by atoms with Crippen molar-refractivity contribution in [1.82, 2.24) is 29.2 Å². The lowest BCUT2D eigenvalue weighted by molar-refractivity contribution is 0.161. The van der Waals surface area contributed by atoms with E-state index in [1.165, 1.54) is 12.8 Å². The van der Waals surface area contributed by atoms with Gasteiger partial charge in [-0.15, -0.1) is 10.2 Å². The van der Waals surface area contributed by atoms with Crippen molar-refractivity contribution in [2.24, 2.45) is 5.92 Å². The number of aromatic nitrogens is 5. The monoisotopic (exact) mass is 370 g/mol. The van der Waals surface area contributed by atoms with E-state index < -0.39 is 0 Å². The van der Waals surface area contributed by atoms with Crippen molar-refractivity contribution in [3.05, 3.63) is 40.6 Å². The molecule has 0 atom stereocenters. The van der Waals surface area contributed by atoms with Crippen LogP contribution in [0.2, 0.25) is 0 Å². The van der Waals surface area contributed by atoms with Crippen molar-refractivity contribution >= 4 is 0 Å². The molecule has 1 aliphatic heterocycles. The summed E-state index contributed by atoms with van der Waals surface area (Å²) in [5.74, 6) is 1.62. The van der Waals surface area contributed by atoms with Crippen molar-refractivity contribution in [2.75, 3.05) is 13.1 Å². The minimum atomic E-state index is -0.0926. The fraction of sp³-hybridized carbons (Fsp3) is 0.700. The quantitative estimate of drug-likeness (QED) is 0.808. The molecular weight excluding hydrogens is 340 g/mol. The molecule has 1 saturated carbocycles. The van der Waals surface area contributed by atoms with Crippen LogP contribution in [0.15, 0.2) is 23.5 Å². The SMILES string of the molecule is CC(C)(C)c1cc(=O)n(CC2CCN(Cc3nncn3C3CC3)CC2)cn1. The molecular formula is C20H30N6O. The minimum absolute atomic E-state index is 0.0647. The van der Waals surface area contributed by atoms with Gasteiger partial charge in [-0.25, -0.2) is 4.98 Å². The van der Waals surface area contributed by atoms with Crippen LogP contribution in [-0.2, 0) is 18.5 Å². The molecule has 2 fully saturated rings. The molecule has 0 spiro atoms. The highest BCUT2D eigenvalue weighted by Crippen LogP contribution is 2.35. The predicted octanol–water partition coefficient (Wildman–Crippen LogP) is 2.38. The molecule has 3 heterocycles. The van der Waals surface area contributed by atoms with Crippen LogP contribution in [0.3, 0.4) is 0 Å². The molecule has 2 aromatic heterocycles. The molecule has 0 bridgehead atoms. The predicted molar refractivity (Wildman–Crippen MR) is 103 cm³/mol. The molecule has 0 amide bonds. The highest BCUT2D eigenvalue weighted by atomic mass is 16.1. The van der Waals surface area contributed by atoms with Crippen LogP contribution in [0.25, 0.3) is 0 Å². The van der Waals surface area contributed by atoms with E-state index in [2.05, 4.69) is 45.4 Å². The standard InChI is InChI=1S/C20H30N6O/c1-20(2,3)17-10-19(27)25(13-21-17)11-15-6-8-24(9-7-15)12-18-23-22-14-26(18)16-4-5-16/h10,13-16H,4-9,11-12H2,1-3H3. The Morgan fingerprint density at radius 3 is 2.48 bits per heavy atom. The summed E-state index contributed by atoms with van der Waals surface area (Å²) in [6.07, 6.45) is 8.32. The Bertz CT molecular complexity index is 837. The summed E-state index contributed by atoms with van der Waals surface area (Å²) in [5.41, 5.74) is 0.832. The molecule has 2 aromatic rings. The highest BCUT2D eigenvalue weighted by molar-refractivity contribution is 5.10. The molecule has 0 unspecified atom stereocenters. The molecule has 2 aliphatic rings. The maximum absolute atomic E-state index is 12.4. The van der Waals surface area contributed by atoms with Crippen molar-refractivity contribution < 1.29 is 0 Å². The number of likely N-dealkylation sites (tertiary alicyclic amines) is 1. The molecule has 27 heavy (non-hydrogen) atoms. The van der Waals surface area contributed by atoms with Gasteiger partial charge in [0.2, 0.25) is 0 Å². The third-order valence-corrected chi connectivity index (χ3v) is 5.76. The van der Waals surface area contributed by atoms with E-state index in [1.54, 1.807) is 17.0 Å². The Kier molecular flexibility index (Phi) is 4.88. The zero-order valence-electron chi connectivity index (χ0n) is 16.6. The van der Waals surface area contributed by atoms with E-state index in [-0.39, 0.29) is 11.0 Å². The van der Waals surface area contributed by atoms with Gasteiger partial charge in [0, 0.05) is 24.1 Å². The highest BCUT2D eigenvalue weighted by Gasteiger charge is 2.28. The van der Waals surface area contributed by atoms with Gasteiger partial charge in [0.15, 0.2) is 0 Å². The summed E-state index contributed by atoms with van der Waals surface area (Å²) < 4.78 is 4.02. The average molecular weight is 371 g/mol. The molecule has 146 valence electrons. The fourth-order valence-electron chi connectivity index (χ4n) is 3.82. The van der Waals surface area contributed by atoms with Gasteiger partial charge >= 0.3 is 0 Å². The molecule has 1 aliphatic carbocycles.